The summed E-state index contributed by atoms with van der Waals surface area (Å²) in [6.07, 6.45) is 5.50. The Labute approximate surface area is 222 Å². The Kier molecular flexibility index (Phi) is 8.70. The fraction of sp³-hybridized carbons (Fsp3) is 0.440. The molecule has 3 heterocycles. The van der Waals surface area contributed by atoms with Crippen LogP contribution in [-0.2, 0) is 4.79 Å². The van der Waals surface area contributed by atoms with Gasteiger partial charge in [-0.1, -0.05) is 6.58 Å². The van der Waals surface area contributed by atoms with Gasteiger partial charge in [0.05, 0.1) is 16.7 Å². The van der Waals surface area contributed by atoms with Crippen LogP contribution in [0.1, 0.15) is 29.6 Å². The lowest BCUT2D eigenvalue weighted by molar-refractivity contribution is -0.111. The van der Waals surface area contributed by atoms with Gasteiger partial charge < -0.3 is 20.3 Å². The van der Waals surface area contributed by atoms with Gasteiger partial charge in [0.2, 0.25) is 11.9 Å². The molecule has 2 aliphatic rings. The van der Waals surface area contributed by atoms with Crippen molar-refractivity contribution in [1.82, 2.24) is 19.8 Å². The van der Waals surface area contributed by atoms with Crippen LogP contribution in [0.5, 0.6) is 5.75 Å². The summed E-state index contributed by atoms with van der Waals surface area (Å²) in [4.78, 5) is 36.9. The maximum atomic E-state index is 13.7. The Hall–Kier alpha value is -3.12. The van der Waals surface area contributed by atoms with E-state index in [-0.39, 0.29) is 31.5 Å². The number of rotatable bonds is 9. The van der Waals surface area contributed by atoms with Crippen LogP contribution in [0, 0.1) is 0 Å². The molecule has 37 heavy (non-hydrogen) atoms. The zero-order valence-corrected chi connectivity index (χ0v) is 21.8. The minimum atomic E-state index is -2.69. The Bertz CT molecular complexity index is 1130. The lowest BCUT2D eigenvalue weighted by atomic mass is 10.1. The molecule has 1 aromatic carbocycles. The van der Waals surface area contributed by atoms with Crippen LogP contribution < -0.4 is 15.4 Å². The van der Waals surface area contributed by atoms with Gasteiger partial charge in [0.15, 0.2) is 0 Å². The molecule has 198 valence electrons. The number of hydrogen-bond acceptors (Lipinski definition) is 7. The molecule has 0 radical (unpaired) electrons. The Morgan fingerprint density at radius 3 is 2.78 bits per heavy atom. The maximum Gasteiger partial charge on any atom is 0.260 e. The van der Waals surface area contributed by atoms with Crippen LogP contribution in [0.25, 0.3) is 0 Å². The molecule has 1 atom stereocenters. The average Bonchev–Trinajstić information content (AvgIpc) is 3.33. The number of halogens is 3. The summed E-state index contributed by atoms with van der Waals surface area (Å²) in [5, 5.41) is 5.91. The highest BCUT2D eigenvalue weighted by molar-refractivity contribution is 9.10. The molecule has 9 nitrogen and oxygen atoms in total. The Morgan fingerprint density at radius 1 is 1.27 bits per heavy atom. The lowest BCUT2D eigenvalue weighted by Crippen LogP contribution is -2.44. The van der Waals surface area contributed by atoms with Gasteiger partial charge in [-0.15, -0.1) is 0 Å². The fourth-order valence-electron chi connectivity index (χ4n) is 4.40. The molecule has 2 fully saturated rings. The second-order valence-corrected chi connectivity index (χ2v) is 10.0. The number of benzene rings is 1. The van der Waals surface area contributed by atoms with Crippen LogP contribution in [0.3, 0.4) is 0 Å². The Balaban J connectivity index is 1.40. The van der Waals surface area contributed by atoms with Crippen molar-refractivity contribution in [1.29, 1.82) is 0 Å². The largest absolute Gasteiger partial charge is 0.490 e. The first kappa shape index (κ1) is 26.9. The second kappa shape index (κ2) is 12.0. The monoisotopic (exact) mass is 578 g/mol. The van der Waals surface area contributed by atoms with Crippen molar-refractivity contribution in [2.75, 3.05) is 50.0 Å². The smallest absolute Gasteiger partial charge is 0.260 e. The van der Waals surface area contributed by atoms with Crippen molar-refractivity contribution in [3.8, 4) is 5.75 Å². The van der Waals surface area contributed by atoms with E-state index in [1.165, 1.54) is 0 Å². The molecule has 12 heteroatoms. The highest BCUT2D eigenvalue weighted by Crippen LogP contribution is 2.29. The van der Waals surface area contributed by atoms with Gasteiger partial charge in [-0.25, -0.2) is 18.7 Å². The molecular weight excluding hydrogens is 550 g/mol. The SMILES string of the molecule is C=CC(=O)Nc1ccc(C(=O)N2CC[C@H](Nc3ncc(Br)cn3)C2)cc1OCCN1CCCC(F)(F)C1. The lowest BCUT2D eigenvalue weighted by Gasteiger charge is -2.32. The topological polar surface area (TPSA) is 99.7 Å². The van der Waals surface area contributed by atoms with E-state index in [0.29, 0.717) is 55.5 Å². The van der Waals surface area contributed by atoms with Gasteiger partial charge in [0.1, 0.15) is 12.4 Å². The number of hydrogen-bond donors (Lipinski definition) is 2. The van der Waals surface area contributed by atoms with Gasteiger partial charge in [0, 0.05) is 50.1 Å². The number of nitrogens with one attached hydrogen (secondary N) is 2. The van der Waals surface area contributed by atoms with Crippen LogP contribution >= 0.6 is 15.9 Å². The van der Waals surface area contributed by atoms with Crippen molar-refractivity contribution < 1.29 is 23.1 Å². The number of aromatic nitrogens is 2. The number of alkyl halides is 2. The minimum Gasteiger partial charge on any atom is -0.490 e. The summed E-state index contributed by atoms with van der Waals surface area (Å²) in [5.41, 5.74) is 0.774. The van der Waals surface area contributed by atoms with Gasteiger partial charge in [-0.05, 0) is 59.6 Å². The molecule has 2 N–H and O–H groups in total. The van der Waals surface area contributed by atoms with Crippen molar-refractivity contribution in [3.05, 3.63) is 53.3 Å². The van der Waals surface area contributed by atoms with E-state index in [0.717, 1.165) is 17.0 Å². The number of carbonyl (C=O) groups is 2. The first-order chi connectivity index (χ1) is 17.7. The fourth-order valence-corrected chi connectivity index (χ4v) is 4.60. The van der Waals surface area contributed by atoms with Gasteiger partial charge in [0.25, 0.3) is 11.8 Å². The van der Waals surface area contributed by atoms with E-state index in [1.54, 1.807) is 40.4 Å². The minimum absolute atomic E-state index is 0.00895. The molecule has 2 aliphatic heterocycles. The highest BCUT2D eigenvalue weighted by Gasteiger charge is 2.35. The normalized spacial score (nSPS) is 19.3. The van der Waals surface area contributed by atoms with Crippen LogP contribution in [0.4, 0.5) is 20.4 Å². The number of anilines is 2. The third-order valence-corrected chi connectivity index (χ3v) is 6.65. The van der Waals surface area contributed by atoms with Crippen LogP contribution in [0.2, 0.25) is 0 Å². The summed E-state index contributed by atoms with van der Waals surface area (Å²) in [5.74, 6) is -2.51. The van der Waals surface area contributed by atoms with Gasteiger partial charge in [-0.2, -0.15) is 0 Å². The predicted octanol–water partition coefficient (Wildman–Crippen LogP) is 3.80. The molecule has 4 rings (SSSR count). The molecule has 0 saturated carbocycles. The third kappa shape index (κ3) is 7.45. The molecular formula is C25H29BrF2N6O3. The first-order valence-electron chi connectivity index (χ1n) is 12.1. The molecule has 0 spiro atoms. The average molecular weight is 579 g/mol. The summed E-state index contributed by atoms with van der Waals surface area (Å²) in [7, 11) is 0. The third-order valence-electron chi connectivity index (χ3n) is 6.24. The van der Waals surface area contributed by atoms with Crippen LogP contribution in [0.15, 0.2) is 47.7 Å². The zero-order chi connectivity index (χ0) is 26.4. The van der Waals surface area contributed by atoms with E-state index in [9.17, 15) is 18.4 Å². The molecule has 2 aromatic rings. The van der Waals surface area contributed by atoms with Gasteiger partial charge in [-0.3, -0.25) is 14.5 Å². The van der Waals surface area contributed by atoms with E-state index < -0.39 is 11.8 Å². The molecule has 0 aliphatic carbocycles. The van der Waals surface area contributed by atoms with E-state index in [2.05, 4.69) is 43.1 Å². The first-order valence-corrected chi connectivity index (χ1v) is 12.9. The van der Waals surface area contributed by atoms with Crippen molar-refractivity contribution in [2.45, 2.75) is 31.2 Å². The number of nitrogens with zero attached hydrogens (tertiary/aromatic N) is 4. The molecule has 0 bridgehead atoms. The molecule has 0 unspecified atom stereocenters. The van der Waals surface area contributed by atoms with Crippen molar-refractivity contribution >= 4 is 39.4 Å². The number of amides is 2. The van der Waals surface area contributed by atoms with E-state index in [1.807, 2.05) is 0 Å². The summed E-state index contributed by atoms with van der Waals surface area (Å²) in [6, 6.07) is 4.80. The Morgan fingerprint density at radius 2 is 2.05 bits per heavy atom. The van der Waals surface area contributed by atoms with E-state index in [4.69, 9.17) is 4.74 Å². The van der Waals surface area contributed by atoms with Crippen molar-refractivity contribution in [2.24, 2.45) is 0 Å². The predicted molar refractivity (Wildman–Crippen MR) is 139 cm³/mol. The second-order valence-electron chi connectivity index (χ2n) is 9.09. The van der Waals surface area contributed by atoms with E-state index >= 15 is 0 Å². The maximum absolute atomic E-state index is 13.7. The number of ether oxygens (including phenoxy) is 1. The van der Waals surface area contributed by atoms with Crippen LogP contribution in [-0.4, -0.2) is 82.9 Å². The molecule has 2 saturated heterocycles. The standard InChI is InChI=1S/C25H29BrF2N6O3/c1-2-22(35)32-20-5-4-17(12-21(20)37-11-10-33-8-3-7-25(27,28)16-33)23(36)34-9-6-19(15-34)31-24-29-13-18(26)14-30-24/h2,4-5,12-14,19H,1,3,6-11,15-16H2,(H,32,35)(H,29,30,31)/t19-/m0/s1. The number of carbonyl (C=O) groups excluding carboxylic acids is 2. The number of likely N-dealkylation sites (tertiary alicyclic amines) is 2. The number of piperidine rings is 1. The molecule has 1 aromatic heterocycles. The summed E-state index contributed by atoms with van der Waals surface area (Å²) in [6.45, 7) is 5.20. The van der Waals surface area contributed by atoms with Gasteiger partial charge >= 0.3 is 0 Å². The summed E-state index contributed by atoms with van der Waals surface area (Å²) >= 11 is 3.30. The summed E-state index contributed by atoms with van der Waals surface area (Å²) < 4.78 is 34.1. The molecule has 2 amide bonds. The quantitative estimate of drug-likeness (QED) is 0.436. The zero-order valence-electron chi connectivity index (χ0n) is 20.3. The highest BCUT2D eigenvalue weighted by atomic mass is 79.9. The van der Waals surface area contributed by atoms with Crippen molar-refractivity contribution in [3.63, 3.8) is 0 Å².